The minimum atomic E-state index is 0.460. The topological polar surface area (TPSA) is 56.1 Å². The Morgan fingerprint density at radius 3 is 2.81 bits per heavy atom. The molecule has 0 unspecified atom stereocenters. The number of nitrogens with zero attached hydrogens (tertiary/aromatic N) is 5. The van der Waals surface area contributed by atoms with Crippen molar-refractivity contribution in [1.29, 1.82) is 0 Å². The van der Waals surface area contributed by atoms with E-state index in [1.807, 2.05) is 12.3 Å². The summed E-state index contributed by atoms with van der Waals surface area (Å²) in [5, 5.41) is 0. The van der Waals surface area contributed by atoms with Crippen LogP contribution in [0.3, 0.4) is 0 Å². The van der Waals surface area contributed by atoms with E-state index in [0.717, 1.165) is 31.3 Å². The average Bonchev–Trinajstić information content (AvgIpc) is 2.90. The summed E-state index contributed by atoms with van der Waals surface area (Å²) in [6.07, 6.45) is 5.51. The Labute approximate surface area is 124 Å². The molecule has 0 spiro atoms. The molecule has 2 aromatic rings. The van der Waals surface area contributed by atoms with Gasteiger partial charge in [-0.1, -0.05) is 13.8 Å². The van der Waals surface area contributed by atoms with Gasteiger partial charge < -0.3 is 14.2 Å². The minimum absolute atomic E-state index is 0.460. The van der Waals surface area contributed by atoms with Gasteiger partial charge in [-0.3, -0.25) is 0 Å². The molecule has 1 fully saturated rings. The molecule has 3 rings (SSSR count). The monoisotopic (exact) mass is 287 g/mol. The lowest BCUT2D eigenvalue weighted by Gasteiger charge is -2.40. The Kier molecular flexibility index (Phi) is 3.77. The van der Waals surface area contributed by atoms with Crippen molar-refractivity contribution in [2.24, 2.45) is 5.92 Å². The first-order chi connectivity index (χ1) is 10.2. The predicted octanol–water partition coefficient (Wildman–Crippen LogP) is 1.94. The van der Waals surface area contributed by atoms with Crippen molar-refractivity contribution in [3.05, 3.63) is 30.6 Å². The molecule has 0 aromatic carbocycles. The number of methoxy groups -OCH3 is 1. The van der Waals surface area contributed by atoms with Crippen LogP contribution < -0.4 is 9.64 Å². The van der Waals surface area contributed by atoms with Crippen LogP contribution in [0.1, 0.15) is 25.6 Å². The lowest BCUT2D eigenvalue weighted by molar-refractivity contribution is 0.347. The van der Waals surface area contributed by atoms with Crippen LogP contribution in [-0.4, -0.2) is 39.7 Å². The number of aromatic nitrogens is 4. The summed E-state index contributed by atoms with van der Waals surface area (Å²) in [5.74, 6) is 3.81. The molecule has 6 nitrogen and oxygen atoms in total. The molecule has 6 heteroatoms. The third kappa shape index (κ3) is 2.84. The van der Waals surface area contributed by atoms with E-state index in [0.29, 0.717) is 17.7 Å². The third-order valence-electron chi connectivity index (χ3n) is 3.84. The zero-order valence-electron chi connectivity index (χ0n) is 12.7. The lowest BCUT2D eigenvalue weighted by Crippen LogP contribution is -2.49. The predicted molar refractivity (Wildman–Crippen MR) is 80.6 cm³/mol. The van der Waals surface area contributed by atoms with E-state index < -0.39 is 0 Å². The quantitative estimate of drug-likeness (QED) is 0.841. The second kappa shape index (κ2) is 5.71. The van der Waals surface area contributed by atoms with E-state index in [1.165, 1.54) is 0 Å². The fourth-order valence-electron chi connectivity index (χ4n) is 2.74. The fourth-order valence-corrected chi connectivity index (χ4v) is 2.74. The molecule has 2 aromatic heterocycles. The molecular formula is C15H21N5O. The zero-order valence-corrected chi connectivity index (χ0v) is 12.7. The molecule has 0 atom stereocenters. The van der Waals surface area contributed by atoms with Crippen LogP contribution in [0.2, 0.25) is 0 Å². The summed E-state index contributed by atoms with van der Waals surface area (Å²) in [7, 11) is 1.62. The molecule has 0 amide bonds. The van der Waals surface area contributed by atoms with Crippen molar-refractivity contribution in [3.63, 3.8) is 0 Å². The molecule has 0 radical (unpaired) electrons. The number of imidazole rings is 1. The first-order valence-corrected chi connectivity index (χ1v) is 7.29. The molecule has 21 heavy (non-hydrogen) atoms. The molecule has 0 aliphatic carbocycles. The van der Waals surface area contributed by atoms with Crippen LogP contribution in [0.5, 0.6) is 5.88 Å². The van der Waals surface area contributed by atoms with Gasteiger partial charge in [0, 0.05) is 49.9 Å². The smallest absolute Gasteiger partial charge is 0.218 e. The number of hydrogen-bond donors (Lipinski definition) is 0. The van der Waals surface area contributed by atoms with Gasteiger partial charge in [0.05, 0.1) is 7.11 Å². The van der Waals surface area contributed by atoms with E-state index in [4.69, 9.17) is 4.74 Å². The summed E-state index contributed by atoms with van der Waals surface area (Å²) in [5.41, 5.74) is 0. The molecule has 3 heterocycles. The zero-order chi connectivity index (χ0) is 14.8. The van der Waals surface area contributed by atoms with Gasteiger partial charge in [0.25, 0.3) is 0 Å². The molecule has 1 saturated heterocycles. The fraction of sp³-hybridized carbons (Fsp3) is 0.533. The Hall–Kier alpha value is -2.11. The molecule has 0 bridgehead atoms. The van der Waals surface area contributed by atoms with Crippen LogP contribution in [0, 0.1) is 5.92 Å². The van der Waals surface area contributed by atoms with Gasteiger partial charge in [0.2, 0.25) is 5.88 Å². The summed E-state index contributed by atoms with van der Waals surface area (Å²) < 4.78 is 7.41. The summed E-state index contributed by atoms with van der Waals surface area (Å²) in [6, 6.07) is 1.88. The van der Waals surface area contributed by atoms with Gasteiger partial charge in [-0.15, -0.1) is 0 Å². The van der Waals surface area contributed by atoms with Crippen molar-refractivity contribution in [2.45, 2.75) is 26.3 Å². The van der Waals surface area contributed by atoms with Gasteiger partial charge in [-0.2, -0.15) is 0 Å². The van der Waals surface area contributed by atoms with E-state index in [-0.39, 0.29) is 0 Å². The van der Waals surface area contributed by atoms with Crippen molar-refractivity contribution < 1.29 is 4.74 Å². The van der Waals surface area contributed by atoms with Gasteiger partial charge in [-0.05, 0) is 0 Å². The molecule has 112 valence electrons. The first-order valence-electron chi connectivity index (χ1n) is 7.29. The van der Waals surface area contributed by atoms with Gasteiger partial charge in [-0.25, -0.2) is 15.0 Å². The van der Waals surface area contributed by atoms with Crippen LogP contribution in [0.4, 0.5) is 5.82 Å². The number of rotatable bonds is 5. The normalized spacial score (nSPS) is 15.3. The van der Waals surface area contributed by atoms with E-state index in [1.54, 1.807) is 13.4 Å². The summed E-state index contributed by atoms with van der Waals surface area (Å²) in [4.78, 5) is 15.0. The second-order valence-electron chi connectivity index (χ2n) is 5.78. The summed E-state index contributed by atoms with van der Waals surface area (Å²) >= 11 is 0. The highest BCUT2D eigenvalue weighted by Crippen LogP contribution is 2.26. The Bertz CT molecular complexity index is 604. The van der Waals surface area contributed by atoms with E-state index >= 15 is 0 Å². The van der Waals surface area contributed by atoms with E-state index in [2.05, 4.69) is 44.5 Å². The molecule has 1 aliphatic rings. The summed E-state index contributed by atoms with van der Waals surface area (Å²) in [6.45, 7) is 7.40. The highest BCUT2D eigenvalue weighted by atomic mass is 16.5. The van der Waals surface area contributed by atoms with Crippen molar-refractivity contribution >= 4 is 5.82 Å². The van der Waals surface area contributed by atoms with Crippen LogP contribution in [0.15, 0.2) is 24.8 Å². The van der Waals surface area contributed by atoms with Crippen LogP contribution in [-0.2, 0) is 6.54 Å². The standard InChI is InChI=1S/C15H21N5O/c1-11(2)15-16-4-5-19(15)7-12-8-20(9-12)13-6-14(21-3)18-10-17-13/h4-6,10-12H,7-9H2,1-3H3. The molecular weight excluding hydrogens is 266 g/mol. The van der Waals surface area contributed by atoms with Crippen molar-refractivity contribution in [1.82, 2.24) is 19.5 Å². The van der Waals surface area contributed by atoms with Crippen LogP contribution in [0.25, 0.3) is 0 Å². The number of anilines is 1. The second-order valence-corrected chi connectivity index (χ2v) is 5.78. The number of hydrogen-bond acceptors (Lipinski definition) is 5. The Balaban J connectivity index is 1.59. The maximum atomic E-state index is 5.14. The SMILES string of the molecule is COc1cc(N2CC(Cn3ccnc3C(C)C)C2)ncn1. The number of ether oxygens (including phenoxy) is 1. The molecule has 1 aliphatic heterocycles. The van der Waals surface area contributed by atoms with Crippen molar-refractivity contribution in [2.75, 3.05) is 25.1 Å². The van der Waals surface area contributed by atoms with E-state index in [9.17, 15) is 0 Å². The van der Waals surface area contributed by atoms with Gasteiger partial charge in [0.15, 0.2) is 0 Å². The minimum Gasteiger partial charge on any atom is -0.481 e. The average molecular weight is 287 g/mol. The largest absolute Gasteiger partial charge is 0.481 e. The Morgan fingerprint density at radius 1 is 1.29 bits per heavy atom. The maximum Gasteiger partial charge on any atom is 0.218 e. The highest BCUT2D eigenvalue weighted by Gasteiger charge is 2.29. The first kappa shape index (κ1) is 13.9. The Morgan fingerprint density at radius 2 is 2.10 bits per heavy atom. The molecule has 0 N–H and O–H groups in total. The van der Waals surface area contributed by atoms with Crippen LogP contribution >= 0.6 is 0 Å². The van der Waals surface area contributed by atoms with Crippen molar-refractivity contribution in [3.8, 4) is 5.88 Å². The molecule has 0 saturated carbocycles. The maximum absolute atomic E-state index is 5.14. The third-order valence-corrected chi connectivity index (χ3v) is 3.84. The highest BCUT2D eigenvalue weighted by molar-refractivity contribution is 5.43. The van der Waals surface area contributed by atoms with Gasteiger partial charge in [0.1, 0.15) is 18.0 Å². The lowest BCUT2D eigenvalue weighted by atomic mass is 10.00. The van der Waals surface area contributed by atoms with Gasteiger partial charge >= 0.3 is 0 Å².